The van der Waals surface area contributed by atoms with Crippen LogP contribution in [0, 0.1) is 13.8 Å². The van der Waals surface area contributed by atoms with Gasteiger partial charge in [0.05, 0.1) is 23.7 Å². The highest BCUT2D eigenvalue weighted by molar-refractivity contribution is 5.74. The van der Waals surface area contributed by atoms with Gasteiger partial charge in [-0.15, -0.1) is 0 Å². The molecule has 1 rings (SSSR count). The van der Waals surface area contributed by atoms with Crippen molar-refractivity contribution in [3.8, 4) is 0 Å². The van der Waals surface area contributed by atoms with E-state index in [1.807, 2.05) is 20.8 Å². The van der Waals surface area contributed by atoms with E-state index in [1.165, 1.54) is 0 Å². The van der Waals surface area contributed by atoms with Gasteiger partial charge in [0, 0.05) is 0 Å². The molecule has 0 saturated carbocycles. The van der Waals surface area contributed by atoms with E-state index >= 15 is 0 Å². The molecule has 96 valence electrons. The van der Waals surface area contributed by atoms with Gasteiger partial charge >= 0.3 is 5.97 Å². The number of nitrogens with zero attached hydrogens (tertiary/aromatic N) is 2. The fraction of sp³-hybridized carbons (Fsp3) is 0.667. The monoisotopic (exact) mass is 239 g/mol. The quantitative estimate of drug-likeness (QED) is 0.798. The van der Waals surface area contributed by atoms with Gasteiger partial charge in [0.15, 0.2) is 0 Å². The van der Waals surface area contributed by atoms with E-state index in [0.717, 1.165) is 17.8 Å². The van der Waals surface area contributed by atoms with E-state index in [0.29, 0.717) is 18.7 Å². The van der Waals surface area contributed by atoms with Crippen LogP contribution in [0.5, 0.6) is 0 Å². The number of carbonyl (C=O) groups excluding carboxylic acids is 1. The fourth-order valence-electron chi connectivity index (χ4n) is 1.83. The Kier molecular flexibility index (Phi) is 4.54. The fourth-order valence-corrected chi connectivity index (χ4v) is 1.83. The molecule has 17 heavy (non-hydrogen) atoms. The van der Waals surface area contributed by atoms with Gasteiger partial charge in [-0.2, -0.15) is 5.10 Å². The molecule has 1 atom stereocenters. The highest BCUT2D eigenvalue weighted by Gasteiger charge is 2.24. The standard InChI is InChI=1S/C12H21N3O2/c1-5-7-10(12(16)17-6-2)15-9(4)11(13)8(3)14-15/h10H,5-7,13H2,1-4H3. The third-order valence-electron chi connectivity index (χ3n) is 2.80. The number of aryl methyl sites for hydroxylation is 1. The lowest BCUT2D eigenvalue weighted by Gasteiger charge is -2.16. The van der Waals surface area contributed by atoms with Crippen LogP contribution in [-0.4, -0.2) is 22.4 Å². The van der Waals surface area contributed by atoms with Crippen LogP contribution in [0.25, 0.3) is 0 Å². The number of nitrogens with two attached hydrogens (primary N) is 1. The number of nitrogen functional groups attached to an aromatic ring is 1. The van der Waals surface area contributed by atoms with Crippen LogP contribution in [-0.2, 0) is 9.53 Å². The average Bonchev–Trinajstić information content (AvgIpc) is 2.54. The second-order valence-corrected chi connectivity index (χ2v) is 4.09. The van der Waals surface area contributed by atoms with Gasteiger partial charge in [-0.3, -0.25) is 4.68 Å². The van der Waals surface area contributed by atoms with E-state index in [4.69, 9.17) is 10.5 Å². The molecule has 0 amide bonds. The molecule has 2 N–H and O–H groups in total. The van der Waals surface area contributed by atoms with Crippen molar-refractivity contribution in [2.75, 3.05) is 12.3 Å². The minimum absolute atomic E-state index is 0.236. The zero-order chi connectivity index (χ0) is 13.0. The number of rotatable bonds is 5. The number of carbonyl (C=O) groups is 1. The molecule has 0 saturated heterocycles. The molecule has 0 aliphatic rings. The van der Waals surface area contributed by atoms with Gasteiger partial charge in [0.25, 0.3) is 0 Å². The van der Waals surface area contributed by atoms with Crippen molar-refractivity contribution in [3.63, 3.8) is 0 Å². The lowest BCUT2D eigenvalue weighted by molar-refractivity contribution is -0.147. The lowest BCUT2D eigenvalue weighted by Crippen LogP contribution is -2.24. The van der Waals surface area contributed by atoms with E-state index in [1.54, 1.807) is 11.6 Å². The number of ether oxygens (including phenoxy) is 1. The van der Waals surface area contributed by atoms with Crippen LogP contribution in [0.1, 0.15) is 44.1 Å². The Morgan fingerprint density at radius 2 is 2.12 bits per heavy atom. The van der Waals surface area contributed by atoms with Crippen LogP contribution in [0.2, 0.25) is 0 Å². The van der Waals surface area contributed by atoms with Gasteiger partial charge in [0.1, 0.15) is 6.04 Å². The van der Waals surface area contributed by atoms with Gasteiger partial charge in [-0.1, -0.05) is 13.3 Å². The third kappa shape index (κ3) is 2.78. The average molecular weight is 239 g/mol. The van der Waals surface area contributed by atoms with E-state index in [-0.39, 0.29) is 12.0 Å². The summed E-state index contributed by atoms with van der Waals surface area (Å²) in [6, 6.07) is -0.365. The minimum Gasteiger partial charge on any atom is -0.464 e. The van der Waals surface area contributed by atoms with Crippen molar-refractivity contribution in [2.45, 2.75) is 46.6 Å². The Labute approximate surface area is 102 Å². The predicted octanol–water partition coefficient (Wildman–Crippen LogP) is 1.99. The van der Waals surface area contributed by atoms with E-state index in [9.17, 15) is 4.79 Å². The van der Waals surface area contributed by atoms with Crippen LogP contribution in [0.4, 0.5) is 5.69 Å². The first-order chi connectivity index (χ1) is 8.02. The molecule has 5 nitrogen and oxygen atoms in total. The van der Waals surface area contributed by atoms with Crippen LogP contribution in [0.3, 0.4) is 0 Å². The number of aromatic nitrogens is 2. The zero-order valence-corrected chi connectivity index (χ0v) is 11.0. The minimum atomic E-state index is -0.365. The number of anilines is 1. The molecule has 0 fully saturated rings. The largest absolute Gasteiger partial charge is 0.464 e. The van der Waals surface area contributed by atoms with Crippen molar-refractivity contribution in [3.05, 3.63) is 11.4 Å². The Balaban J connectivity index is 3.05. The third-order valence-corrected chi connectivity index (χ3v) is 2.80. The highest BCUT2D eigenvalue weighted by atomic mass is 16.5. The van der Waals surface area contributed by atoms with Crippen molar-refractivity contribution < 1.29 is 9.53 Å². The van der Waals surface area contributed by atoms with Crippen molar-refractivity contribution in [2.24, 2.45) is 0 Å². The van der Waals surface area contributed by atoms with Crippen LogP contribution in [0.15, 0.2) is 0 Å². The summed E-state index contributed by atoms with van der Waals surface area (Å²) in [4.78, 5) is 11.9. The molecule has 0 aliphatic heterocycles. The Hall–Kier alpha value is -1.52. The number of esters is 1. The lowest BCUT2D eigenvalue weighted by atomic mass is 10.1. The summed E-state index contributed by atoms with van der Waals surface area (Å²) in [6.07, 6.45) is 1.60. The smallest absolute Gasteiger partial charge is 0.330 e. The molecule has 5 heteroatoms. The van der Waals surface area contributed by atoms with Crippen LogP contribution >= 0.6 is 0 Å². The summed E-state index contributed by atoms with van der Waals surface area (Å²) in [5.74, 6) is -0.236. The van der Waals surface area contributed by atoms with Crippen LogP contribution < -0.4 is 5.73 Å². The Morgan fingerprint density at radius 1 is 1.47 bits per heavy atom. The first kappa shape index (κ1) is 13.5. The zero-order valence-electron chi connectivity index (χ0n) is 11.0. The molecule has 0 aromatic carbocycles. The summed E-state index contributed by atoms with van der Waals surface area (Å²) in [6.45, 7) is 7.93. The first-order valence-electron chi connectivity index (χ1n) is 6.00. The van der Waals surface area contributed by atoms with Gasteiger partial charge in [0.2, 0.25) is 0 Å². The van der Waals surface area contributed by atoms with E-state index < -0.39 is 0 Å². The topological polar surface area (TPSA) is 70.1 Å². The second kappa shape index (κ2) is 5.70. The van der Waals surface area contributed by atoms with Crippen molar-refractivity contribution in [1.82, 2.24) is 9.78 Å². The van der Waals surface area contributed by atoms with Crippen molar-refractivity contribution in [1.29, 1.82) is 0 Å². The second-order valence-electron chi connectivity index (χ2n) is 4.09. The molecule has 0 radical (unpaired) electrons. The SMILES string of the molecule is CCCC(C(=O)OCC)n1nc(C)c(N)c1C. The van der Waals surface area contributed by atoms with Gasteiger partial charge in [-0.05, 0) is 27.2 Å². The normalized spacial score (nSPS) is 12.5. The Morgan fingerprint density at radius 3 is 2.53 bits per heavy atom. The summed E-state index contributed by atoms with van der Waals surface area (Å²) in [7, 11) is 0. The van der Waals surface area contributed by atoms with Gasteiger partial charge in [-0.25, -0.2) is 4.79 Å². The van der Waals surface area contributed by atoms with Gasteiger partial charge < -0.3 is 10.5 Å². The molecule has 0 aliphatic carbocycles. The summed E-state index contributed by atoms with van der Waals surface area (Å²) in [5.41, 5.74) is 8.11. The maximum atomic E-state index is 11.9. The van der Waals surface area contributed by atoms with E-state index in [2.05, 4.69) is 5.10 Å². The molecule has 1 heterocycles. The molecule has 1 aromatic heterocycles. The Bertz CT molecular complexity index is 399. The number of hydrogen-bond acceptors (Lipinski definition) is 4. The highest BCUT2D eigenvalue weighted by Crippen LogP contribution is 2.23. The predicted molar refractivity (Wildman–Crippen MR) is 66.7 cm³/mol. The summed E-state index contributed by atoms with van der Waals surface area (Å²) in [5, 5.41) is 4.32. The summed E-state index contributed by atoms with van der Waals surface area (Å²) >= 11 is 0. The molecule has 1 aromatic rings. The molecular weight excluding hydrogens is 218 g/mol. The summed E-state index contributed by atoms with van der Waals surface area (Å²) < 4.78 is 6.76. The first-order valence-corrected chi connectivity index (χ1v) is 6.00. The number of hydrogen-bond donors (Lipinski definition) is 1. The molecule has 0 bridgehead atoms. The molecule has 0 spiro atoms. The van der Waals surface area contributed by atoms with Crippen molar-refractivity contribution >= 4 is 11.7 Å². The molecule has 1 unspecified atom stereocenters. The maximum absolute atomic E-state index is 11.9. The maximum Gasteiger partial charge on any atom is 0.330 e. The molecular formula is C12H21N3O2.